The second-order valence-corrected chi connectivity index (χ2v) is 4.95. The van der Waals surface area contributed by atoms with Gasteiger partial charge in [-0.15, -0.1) is 0 Å². The van der Waals surface area contributed by atoms with E-state index >= 15 is 0 Å². The Balaban J connectivity index is 2.36. The number of aliphatic carboxylic acids is 1. The molecule has 0 amide bonds. The number of halogens is 1. The summed E-state index contributed by atoms with van der Waals surface area (Å²) in [6.45, 7) is 0. The molecule has 0 radical (unpaired) electrons. The zero-order chi connectivity index (χ0) is 13.1. The minimum atomic E-state index is -0.795. The van der Waals surface area contributed by atoms with Gasteiger partial charge in [0, 0.05) is 29.2 Å². The Morgan fingerprint density at radius 2 is 2.28 bits per heavy atom. The average molecular weight is 309 g/mol. The second kappa shape index (κ2) is 5.35. The van der Waals surface area contributed by atoms with Crippen molar-refractivity contribution in [2.24, 2.45) is 7.05 Å². The van der Waals surface area contributed by atoms with Gasteiger partial charge in [-0.1, -0.05) is 28.1 Å². The largest absolute Gasteiger partial charge is 0.481 e. The highest BCUT2D eigenvalue weighted by molar-refractivity contribution is 9.10. The van der Waals surface area contributed by atoms with E-state index in [0.29, 0.717) is 6.42 Å². The minimum absolute atomic E-state index is 0.112. The normalized spacial score (nSPS) is 10.6. The number of aryl methyl sites for hydroxylation is 1. The van der Waals surface area contributed by atoms with E-state index in [1.807, 2.05) is 31.3 Å². The molecule has 94 valence electrons. The molecule has 5 heteroatoms. The molecule has 0 aliphatic carbocycles. The van der Waals surface area contributed by atoms with Crippen LogP contribution in [0.3, 0.4) is 0 Å². The number of benzene rings is 1. The van der Waals surface area contributed by atoms with Crippen LogP contribution in [0.15, 0.2) is 34.9 Å². The summed E-state index contributed by atoms with van der Waals surface area (Å²) >= 11 is 3.43. The fraction of sp³-hybridized carbons (Fsp3) is 0.231. The monoisotopic (exact) mass is 308 g/mol. The molecule has 0 saturated carbocycles. The summed E-state index contributed by atoms with van der Waals surface area (Å²) in [5.41, 5.74) is 2.97. The molecule has 0 fully saturated rings. The number of hydrogen-bond acceptors (Lipinski definition) is 2. The summed E-state index contributed by atoms with van der Waals surface area (Å²) < 4.78 is 2.73. The fourth-order valence-electron chi connectivity index (χ4n) is 1.88. The molecule has 1 N–H and O–H groups in total. The van der Waals surface area contributed by atoms with E-state index in [4.69, 9.17) is 5.11 Å². The Morgan fingerprint density at radius 1 is 1.50 bits per heavy atom. The zero-order valence-corrected chi connectivity index (χ0v) is 11.5. The van der Waals surface area contributed by atoms with Gasteiger partial charge < -0.3 is 5.11 Å². The summed E-state index contributed by atoms with van der Waals surface area (Å²) in [5.74, 6) is -0.795. The van der Waals surface area contributed by atoms with Crippen LogP contribution in [0, 0.1) is 0 Å². The molecular weight excluding hydrogens is 296 g/mol. The van der Waals surface area contributed by atoms with Crippen molar-refractivity contribution in [3.8, 4) is 11.1 Å². The third-order valence-corrected chi connectivity index (χ3v) is 3.27. The lowest BCUT2D eigenvalue weighted by Crippen LogP contribution is -2.04. The predicted octanol–water partition coefficient (Wildman–Crippen LogP) is 2.87. The Hall–Kier alpha value is -1.62. The van der Waals surface area contributed by atoms with Crippen LogP contribution in [0.4, 0.5) is 0 Å². The molecule has 0 aliphatic heterocycles. The van der Waals surface area contributed by atoms with Crippen LogP contribution in [0.5, 0.6) is 0 Å². The van der Waals surface area contributed by atoms with Gasteiger partial charge in [-0.05, 0) is 17.7 Å². The van der Waals surface area contributed by atoms with Gasteiger partial charge in [0.25, 0.3) is 0 Å². The van der Waals surface area contributed by atoms with Crippen molar-refractivity contribution in [2.45, 2.75) is 12.8 Å². The number of carboxylic acid groups (broad SMARTS) is 1. The molecular formula is C13H13BrN2O2. The highest BCUT2D eigenvalue weighted by Gasteiger charge is 2.12. The molecule has 0 atom stereocenters. The van der Waals surface area contributed by atoms with Crippen molar-refractivity contribution in [1.82, 2.24) is 9.78 Å². The van der Waals surface area contributed by atoms with Crippen molar-refractivity contribution >= 4 is 21.9 Å². The maximum atomic E-state index is 10.7. The van der Waals surface area contributed by atoms with Crippen LogP contribution in [0.1, 0.15) is 12.1 Å². The first-order valence-corrected chi connectivity index (χ1v) is 6.36. The molecule has 0 aliphatic rings. The summed E-state index contributed by atoms with van der Waals surface area (Å²) in [5, 5.41) is 13.0. The van der Waals surface area contributed by atoms with Crippen molar-refractivity contribution in [2.75, 3.05) is 0 Å². The Labute approximate surface area is 113 Å². The van der Waals surface area contributed by atoms with Gasteiger partial charge in [-0.25, -0.2) is 0 Å². The Bertz CT molecular complexity index is 578. The summed E-state index contributed by atoms with van der Waals surface area (Å²) in [6.07, 6.45) is 2.37. The molecule has 0 spiro atoms. The lowest BCUT2D eigenvalue weighted by Gasteiger charge is -2.05. The number of carboxylic acids is 1. The quantitative estimate of drug-likeness (QED) is 0.945. The number of aromatic nitrogens is 2. The van der Waals surface area contributed by atoms with Crippen molar-refractivity contribution in [1.29, 1.82) is 0 Å². The van der Waals surface area contributed by atoms with Gasteiger partial charge in [-0.2, -0.15) is 5.10 Å². The summed E-state index contributed by atoms with van der Waals surface area (Å²) in [4.78, 5) is 10.7. The molecule has 1 aromatic carbocycles. The minimum Gasteiger partial charge on any atom is -0.481 e. The smallest absolute Gasteiger partial charge is 0.303 e. The lowest BCUT2D eigenvalue weighted by molar-refractivity contribution is -0.136. The molecule has 18 heavy (non-hydrogen) atoms. The first kappa shape index (κ1) is 12.8. The first-order chi connectivity index (χ1) is 8.58. The fourth-order valence-corrected chi connectivity index (χ4v) is 2.28. The van der Waals surface area contributed by atoms with E-state index < -0.39 is 5.97 Å². The number of hydrogen-bond donors (Lipinski definition) is 1. The van der Waals surface area contributed by atoms with E-state index in [1.54, 1.807) is 10.9 Å². The van der Waals surface area contributed by atoms with Gasteiger partial charge in [0.1, 0.15) is 0 Å². The zero-order valence-electron chi connectivity index (χ0n) is 9.93. The maximum Gasteiger partial charge on any atom is 0.303 e. The van der Waals surface area contributed by atoms with E-state index in [9.17, 15) is 4.79 Å². The predicted molar refractivity (Wildman–Crippen MR) is 72.3 cm³/mol. The molecule has 4 nitrogen and oxygen atoms in total. The Morgan fingerprint density at radius 3 is 2.94 bits per heavy atom. The molecule has 0 bridgehead atoms. The molecule has 0 saturated heterocycles. The highest BCUT2D eigenvalue weighted by Crippen LogP contribution is 2.26. The van der Waals surface area contributed by atoms with Gasteiger partial charge in [0.05, 0.1) is 12.6 Å². The van der Waals surface area contributed by atoms with Crippen molar-refractivity contribution in [3.05, 3.63) is 40.6 Å². The van der Waals surface area contributed by atoms with Gasteiger partial charge in [0.15, 0.2) is 0 Å². The molecule has 2 rings (SSSR count). The topological polar surface area (TPSA) is 55.1 Å². The van der Waals surface area contributed by atoms with E-state index in [0.717, 1.165) is 21.3 Å². The lowest BCUT2D eigenvalue weighted by atomic mass is 10.0. The third kappa shape index (κ3) is 2.79. The van der Waals surface area contributed by atoms with Crippen molar-refractivity contribution in [3.63, 3.8) is 0 Å². The van der Waals surface area contributed by atoms with Crippen LogP contribution in [-0.2, 0) is 18.3 Å². The first-order valence-electron chi connectivity index (χ1n) is 5.56. The summed E-state index contributed by atoms with van der Waals surface area (Å²) in [7, 11) is 1.83. The number of nitrogens with zero attached hydrogens (tertiary/aromatic N) is 2. The van der Waals surface area contributed by atoms with E-state index in [2.05, 4.69) is 21.0 Å². The maximum absolute atomic E-state index is 10.7. The van der Waals surface area contributed by atoms with Crippen molar-refractivity contribution < 1.29 is 9.90 Å². The molecule has 2 aromatic rings. The van der Waals surface area contributed by atoms with Crippen LogP contribution < -0.4 is 0 Å². The highest BCUT2D eigenvalue weighted by atomic mass is 79.9. The molecule has 1 aromatic heterocycles. The SMILES string of the molecule is Cn1ncc(-c2cccc(Br)c2)c1CCC(=O)O. The van der Waals surface area contributed by atoms with Crippen LogP contribution in [0.2, 0.25) is 0 Å². The number of rotatable bonds is 4. The van der Waals surface area contributed by atoms with Crippen LogP contribution in [-0.4, -0.2) is 20.9 Å². The van der Waals surface area contributed by atoms with E-state index in [-0.39, 0.29) is 6.42 Å². The van der Waals surface area contributed by atoms with E-state index in [1.165, 1.54) is 0 Å². The van der Waals surface area contributed by atoms with Crippen LogP contribution >= 0.6 is 15.9 Å². The summed E-state index contributed by atoms with van der Waals surface area (Å²) in [6, 6.07) is 7.90. The second-order valence-electron chi connectivity index (χ2n) is 4.03. The third-order valence-electron chi connectivity index (χ3n) is 2.77. The van der Waals surface area contributed by atoms with Gasteiger partial charge in [0.2, 0.25) is 0 Å². The Kier molecular flexibility index (Phi) is 3.81. The average Bonchev–Trinajstić information content (AvgIpc) is 2.68. The van der Waals surface area contributed by atoms with Crippen LogP contribution in [0.25, 0.3) is 11.1 Å². The molecule has 0 unspecified atom stereocenters. The van der Waals surface area contributed by atoms with Gasteiger partial charge in [-0.3, -0.25) is 9.48 Å². The van der Waals surface area contributed by atoms with Gasteiger partial charge >= 0.3 is 5.97 Å². The number of carbonyl (C=O) groups is 1. The standard InChI is InChI=1S/C13H13BrN2O2/c1-16-12(5-6-13(17)18)11(8-15-16)9-3-2-4-10(14)7-9/h2-4,7-8H,5-6H2,1H3,(H,17,18). The molecule has 1 heterocycles.